The van der Waals surface area contributed by atoms with Crippen LogP contribution in [0.15, 0.2) is 24.3 Å². The zero-order valence-electron chi connectivity index (χ0n) is 9.28. The van der Waals surface area contributed by atoms with E-state index in [1.807, 2.05) is 6.92 Å². The van der Waals surface area contributed by atoms with Gasteiger partial charge in [-0.15, -0.1) is 12.4 Å². The first-order valence-electron chi connectivity index (χ1n) is 5.63. The minimum Gasteiger partial charge on any atom is -0.324 e. The molecule has 0 heterocycles. The molecule has 2 heteroatoms. The van der Waals surface area contributed by atoms with E-state index in [1.54, 1.807) is 0 Å². The van der Waals surface area contributed by atoms with E-state index in [0.717, 1.165) is 5.92 Å². The molecule has 2 N–H and O–H groups in total. The van der Waals surface area contributed by atoms with Crippen LogP contribution in [0.1, 0.15) is 55.7 Å². The van der Waals surface area contributed by atoms with Crippen LogP contribution in [-0.4, -0.2) is 0 Å². The van der Waals surface area contributed by atoms with Gasteiger partial charge in [0.15, 0.2) is 0 Å². The second kappa shape index (κ2) is 5.53. The Morgan fingerprint density at radius 3 is 2.13 bits per heavy atom. The molecular weight excluding hydrogens is 206 g/mol. The van der Waals surface area contributed by atoms with Crippen molar-refractivity contribution in [2.24, 2.45) is 5.73 Å². The fraction of sp³-hybridized carbons (Fsp3) is 0.538. The fourth-order valence-corrected chi connectivity index (χ4v) is 2.33. The highest BCUT2D eigenvalue weighted by molar-refractivity contribution is 5.85. The molecule has 1 saturated carbocycles. The molecule has 1 aromatic rings. The maximum Gasteiger partial charge on any atom is 0.0266 e. The lowest BCUT2D eigenvalue weighted by Crippen LogP contribution is -2.04. The summed E-state index contributed by atoms with van der Waals surface area (Å²) in [7, 11) is 0. The van der Waals surface area contributed by atoms with Crippen molar-refractivity contribution in [3.8, 4) is 0 Å². The number of rotatable bonds is 2. The Morgan fingerprint density at radius 1 is 1.13 bits per heavy atom. The minimum absolute atomic E-state index is 0. The lowest BCUT2D eigenvalue weighted by Gasteiger charge is -2.11. The minimum atomic E-state index is 0. The van der Waals surface area contributed by atoms with Crippen LogP contribution in [0.5, 0.6) is 0 Å². The van der Waals surface area contributed by atoms with Gasteiger partial charge >= 0.3 is 0 Å². The van der Waals surface area contributed by atoms with Crippen molar-refractivity contribution < 1.29 is 0 Å². The molecule has 1 nitrogen and oxygen atoms in total. The predicted molar refractivity (Wildman–Crippen MR) is 67.5 cm³/mol. The van der Waals surface area contributed by atoms with Crippen LogP contribution in [-0.2, 0) is 0 Å². The zero-order valence-corrected chi connectivity index (χ0v) is 10.1. The number of benzene rings is 1. The molecule has 1 aliphatic rings. The van der Waals surface area contributed by atoms with Crippen molar-refractivity contribution in [2.75, 3.05) is 0 Å². The van der Waals surface area contributed by atoms with Crippen LogP contribution in [0.3, 0.4) is 0 Å². The quantitative estimate of drug-likeness (QED) is 0.815. The lowest BCUT2D eigenvalue weighted by molar-refractivity contribution is 0.721. The summed E-state index contributed by atoms with van der Waals surface area (Å²) in [6, 6.07) is 9.03. The molecule has 1 aliphatic carbocycles. The number of halogens is 1. The van der Waals surface area contributed by atoms with Crippen LogP contribution in [0.4, 0.5) is 0 Å². The standard InChI is InChI=1S/C13H19N.ClH/c1-10(14)11-6-8-13(9-7-11)12-4-2-3-5-12;/h6-10,12H,2-5,14H2,1H3;1H. The van der Waals surface area contributed by atoms with Crippen molar-refractivity contribution >= 4 is 12.4 Å². The third-order valence-electron chi connectivity index (χ3n) is 3.29. The molecule has 1 unspecified atom stereocenters. The van der Waals surface area contributed by atoms with Gasteiger partial charge in [-0.1, -0.05) is 37.1 Å². The Kier molecular flexibility index (Phi) is 4.62. The smallest absolute Gasteiger partial charge is 0.0266 e. The van der Waals surface area contributed by atoms with E-state index >= 15 is 0 Å². The molecule has 0 aromatic heterocycles. The molecule has 84 valence electrons. The van der Waals surface area contributed by atoms with E-state index < -0.39 is 0 Å². The average Bonchev–Trinajstić information content (AvgIpc) is 2.71. The summed E-state index contributed by atoms with van der Waals surface area (Å²) in [4.78, 5) is 0. The van der Waals surface area contributed by atoms with Gasteiger partial charge in [-0.2, -0.15) is 0 Å². The SMILES string of the molecule is CC(N)c1ccc(C2CCCC2)cc1.Cl. The lowest BCUT2D eigenvalue weighted by atomic mass is 9.96. The highest BCUT2D eigenvalue weighted by Gasteiger charge is 2.16. The molecule has 0 saturated heterocycles. The summed E-state index contributed by atoms with van der Waals surface area (Å²) in [6.45, 7) is 2.03. The summed E-state index contributed by atoms with van der Waals surface area (Å²) >= 11 is 0. The third kappa shape index (κ3) is 2.96. The van der Waals surface area contributed by atoms with Gasteiger partial charge in [0.1, 0.15) is 0 Å². The maximum atomic E-state index is 5.82. The van der Waals surface area contributed by atoms with Gasteiger partial charge in [0, 0.05) is 6.04 Å². The van der Waals surface area contributed by atoms with E-state index in [2.05, 4.69) is 24.3 Å². The van der Waals surface area contributed by atoms with Crippen LogP contribution in [0.25, 0.3) is 0 Å². The highest BCUT2D eigenvalue weighted by Crippen LogP contribution is 2.34. The highest BCUT2D eigenvalue weighted by atomic mass is 35.5. The van der Waals surface area contributed by atoms with Crippen molar-refractivity contribution in [2.45, 2.75) is 44.6 Å². The molecule has 0 spiro atoms. The molecule has 1 aromatic carbocycles. The average molecular weight is 226 g/mol. The number of hydrogen-bond donors (Lipinski definition) is 1. The molecule has 2 rings (SSSR count). The Hall–Kier alpha value is -0.530. The van der Waals surface area contributed by atoms with E-state index in [-0.39, 0.29) is 18.4 Å². The van der Waals surface area contributed by atoms with Gasteiger partial charge in [0.25, 0.3) is 0 Å². The van der Waals surface area contributed by atoms with Crippen LogP contribution >= 0.6 is 12.4 Å². The van der Waals surface area contributed by atoms with Crippen molar-refractivity contribution in [3.63, 3.8) is 0 Å². The first-order valence-corrected chi connectivity index (χ1v) is 5.63. The van der Waals surface area contributed by atoms with Crippen molar-refractivity contribution in [3.05, 3.63) is 35.4 Å². The molecular formula is C13H20ClN. The van der Waals surface area contributed by atoms with Gasteiger partial charge in [0.05, 0.1) is 0 Å². The Morgan fingerprint density at radius 2 is 1.67 bits per heavy atom. The van der Waals surface area contributed by atoms with Crippen LogP contribution < -0.4 is 5.73 Å². The fourth-order valence-electron chi connectivity index (χ4n) is 2.33. The van der Waals surface area contributed by atoms with Crippen molar-refractivity contribution in [1.82, 2.24) is 0 Å². The van der Waals surface area contributed by atoms with E-state index in [0.29, 0.717) is 0 Å². The summed E-state index contributed by atoms with van der Waals surface area (Å²) in [5.41, 5.74) is 8.57. The summed E-state index contributed by atoms with van der Waals surface area (Å²) in [6.07, 6.45) is 5.55. The molecule has 1 atom stereocenters. The summed E-state index contributed by atoms with van der Waals surface area (Å²) in [5, 5.41) is 0. The van der Waals surface area contributed by atoms with Gasteiger partial charge < -0.3 is 5.73 Å². The molecule has 0 amide bonds. The van der Waals surface area contributed by atoms with Gasteiger partial charge in [0.2, 0.25) is 0 Å². The first-order chi connectivity index (χ1) is 6.77. The maximum absolute atomic E-state index is 5.82. The van der Waals surface area contributed by atoms with Gasteiger partial charge in [-0.3, -0.25) is 0 Å². The third-order valence-corrected chi connectivity index (χ3v) is 3.29. The van der Waals surface area contributed by atoms with Crippen molar-refractivity contribution in [1.29, 1.82) is 0 Å². The second-order valence-electron chi connectivity index (χ2n) is 4.44. The summed E-state index contributed by atoms with van der Waals surface area (Å²) in [5.74, 6) is 0.817. The Balaban J connectivity index is 0.00000112. The van der Waals surface area contributed by atoms with Gasteiger partial charge in [-0.25, -0.2) is 0 Å². The predicted octanol–water partition coefficient (Wildman–Crippen LogP) is 3.79. The molecule has 15 heavy (non-hydrogen) atoms. The largest absolute Gasteiger partial charge is 0.324 e. The zero-order chi connectivity index (χ0) is 9.97. The number of hydrogen-bond acceptors (Lipinski definition) is 1. The number of nitrogens with two attached hydrogens (primary N) is 1. The molecule has 1 fully saturated rings. The monoisotopic (exact) mass is 225 g/mol. The topological polar surface area (TPSA) is 26.0 Å². The van der Waals surface area contributed by atoms with Crippen LogP contribution in [0.2, 0.25) is 0 Å². The summed E-state index contributed by atoms with van der Waals surface area (Å²) < 4.78 is 0. The molecule has 0 radical (unpaired) electrons. The second-order valence-corrected chi connectivity index (χ2v) is 4.44. The molecule has 0 bridgehead atoms. The first kappa shape index (κ1) is 12.5. The van der Waals surface area contributed by atoms with E-state index in [1.165, 1.54) is 36.8 Å². The Bertz CT molecular complexity index is 286. The van der Waals surface area contributed by atoms with E-state index in [9.17, 15) is 0 Å². The van der Waals surface area contributed by atoms with Gasteiger partial charge in [-0.05, 0) is 36.8 Å². The van der Waals surface area contributed by atoms with E-state index in [4.69, 9.17) is 5.73 Å². The molecule has 0 aliphatic heterocycles. The normalized spacial score (nSPS) is 18.5. The van der Waals surface area contributed by atoms with Crippen LogP contribution in [0, 0.1) is 0 Å². The Labute approximate surface area is 98.5 Å².